The van der Waals surface area contributed by atoms with E-state index in [9.17, 15) is 22.8 Å². The van der Waals surface area contributed by atoms with Crippen LogP contribution >= 0.6 is 0 Å². The number of benzene rings is 2. The highest BCUT2D eigenvalue weighted by molar-refractivity contribution is 6.03. The van der Waals surface area contributed by atoms with Crippen molar-refractivity contribution in [3.8, 4) is 5.75 Å². The van der Waals surface area contributed by atoms with E-state index in [4.69, 9.17) is 14.7 Å². The second kappa shape index (κ2) is 10.9. The van der Waals surface area contributed by atoms with E-state index < -0.39 is 17.9 Å². The van der Waals surface area contributed by atoms with Crippen molar-refractivity contribution in [2.24, 2.45) is 0 Å². The Labute approximate surface area is 234 Å². The molecule has 0 aliphatic carbocycles. The molecule has 0 unspecified atom stereocenters. The predicted molar refractivity (Wildman–Crippen MR) is 148 cm³/mol. The minimum absolute atomic E-state index is 0.130. The molecule has 12 heteroatoms. The molecule has 3 heterocycles. The number of rotatable bonds is 6. The van der Waals surface area contributed by atoms with Crippen LogP contribution in [0, 0.1) is 6.92 Å². The lowest BCUT2D eigenvalue weighted by molar-refractivity contribution is -0.274. The second-order valence-corrected chi connectivity index (χ2v) is 10.8. The number of cyclic esters (lactones) is 1. The fourth-order valence-electron chi connectivity index (χ4n) is 5.08. The minimum atomic E-state index is -4.76. The number of aromatic nitrogens is 2. The van der Waals surface area contributed by atoms with Gasteiger partial charge in [0.2, 0.25) is 11.9 Å². The summed E-state index contributed by atoms with van der Waals surface area (Å²) in [6.45, 7) is 7.76. The van der Waals surface area contributed by atoms with Crippen LogP contribution in [0.25, 0.3) is 17.0 Å². The zero-order chi connectivity index (χ0) is 29.4. The Balaban J connectivity index is 1.20. The van der Waals surface area contributed by atoms with Crippen LogP contribution in [-0.4, -0.2) is 64.5 Å². The Kier molecular flexibility index (Phi) is 7.50. The fourth-order valence-corrected chi connectivity index (χ4v) is 5.08. The first-order valence-electron chi connectivity index (χ1n) is 13.2. The van der Waals surface area contributed by atoms with Crippen LogP contribution < -0.4 is 15.0 Å². The van der Waals surface area contributed by atoms with Crippen molar-refractivity contribution < 1.29 is 32.2 Å². The molecule has 1 N–H and O–H groups in total. The Morgan fingerprint density at radius 2 is 1.83 bits per heavy atom. The van der Waals surface area contributed by atoms with E-state index in [1.165, 1.54) is 36.4 Å². The number of carbonyl (C=O) groups is 2. The SMILES string of the molecule is Cc1nc(N2CCC(N3CC(C)(C)OC3=O)CC2)nc2ccc(NC(=O)/C=C/c3ccc(OC(F)(F)F)cc3)cc12. The zero-order valence-corrected chi connectivity index (χ0v) is 22.9. The maximum atomic E-state index is 12.5. The van der Waals surface area contributed by atoms with Crippen LogP contribution in [0.3, 0.4) is 0 Å². The van der Waals surface area contributed by atoms with Gasteiger partial charge in [-0.2, -0.15) is 0 Å². The van der Waals surface area contributed by atoms with Gasteiger partial charge in [-0.05, 0) is 75.6 Å². The molecular weight excluding hydrogens is 539 g/mol. The number of amides is 2. The van der Waals surface area contributed by atoms with E-state index in [0.717, 1.165) is 42.5 Å². The highest BCUT2D eigenvalue weighted by Crippen LogP contribution is 2.30. The number of carbonyl (C=O) groups excluding carboxylic acids is 2. The fraction of sp³-hybridized carbons (Fsp3) is 0.379. The molecule has 216 valence electrons. The number of nitrogens with one attached hydrogen (secondary N) is 1. The molecule has 0 saturated carbocycles. The summed E-state index contributed by atoms with van der Waals surface area (Å²) in [7, 11) is 0. The van der Waals surface area contributed by atoms with Crippen molar-refractivity contribution in [3.05, 3.63) is 59.8 Å². The molecule has 0 bridgehead atoms. The topological polar surface area (TPSA) is 96.9 Å². The number of alkyl halides is 3. The van der Waals surface area contributed by atoms with Crippen molar-refractivity contribution in [2.75, 3.05) is 29.9 Å². The first kappa shape index (κ1) is 28.2. The van der Waals surface area contributed by atoms with Crippen LogP contribution in [-0.2, 0) is 9.53 Å². The Morgan fingerprint density at radius 3 is 2.46 bits per heavy atom. The average Bonchev–Trinajstić information content (AvgIpc) is 3.19. The van der Waals surface area contributed by atoms with E-state index in [2.05, 4.69) is 15.0 Å². The van der Waals surface area contributed by atoms with Gasteiger partial charge in [0.1, 0.15) is 11.4 Å². The Bertz CT molecular complexity index is 1480. The van der Waals surface area contributed by atoms with Gasteiger partial charge in [-0.3, -0.25) is 4.79 Å². The standard InChI is InChI=1S/C29H30F3N5O4/c1-18-23-16-20(34-25(38)11-6-19-4-8-22(9-5-19)40-29(30,31)32)7-10-24(23)35-26(33-18)36-14-12-21(13-15-36)37-17-28(2,3)41-27(37)39/h4-11,16,21H,12-15,17H2,1-3H3,(H,34,38)/b11-6+. The molecule has 1 aromatic heterocycles. The number of hydrogen-bond donors (Lipinski definition) is 1. The number of anilines is 2. The van der Waals surface area contributed by atoms with Crippen LogP contribution in [0.15, 0.2) is 48.5 Å². The van der Waals surface area contributed by atoms with Gasteiger partial charge in [-0.25, -0.2) is 14.8 Å². The molecular formula is C29H30F3N5O4. The Morgan fingerprint density at radius 1 is 1.12 bits per heavy atom. The van der Waals surface area contributed by atoms with Gasteiger partial charge in [0.05, 0.1) is 17.8 Å². The van der Waals surface area contributed by atoms with Crippen molar-refractivity contribution in [2.45, 2.75) is 51.6 Å². The van der Waals surface area contributed by atoms with Crippen LogP contribution in [0.4, 0.5) is 29.6 Å². The number of nitrogens with zero attached hydrogens (tertiary/aromatic N) is 4. The normalized spacial score (nSPS) is 17.8. The number of ether oxygens (including phenoxy) is 2. The lowest BCUT2D eigenvalue weighted by atomic mass is 10.0. The maximum Gasteiger partial charge on any atom is 0.573 e. The summed E-state index contributed by atoms with van der Waals surface area (Å²) in [6.07, 6.45) is -0.625. The average molecular weight is 570 g/mol. The van der Waals surface area contributed by atoms with Gasteiger partial charge in [0, 0.05) is 36.3 Å². The smallest absolute Gasteiger partial charge is 0.441 e. The molecule has 5 rings (SSSR count). The first-order chi connectivity index (χ1) is 19.3. The molecule has 2 saturated heterocycles. The largest absolute Gasteiger partial charge is 0.573 e. The molecule has 2 aliphatic rings. The molecule has 0 atom stereocenters. The monoisotopic (exact) mass is 569 g/mol. The summed E-state index contributed by atoms with van der Waals surface area (Å²) in [6, 6.07) is 10.7. The third-order valence-electron chi connectivity index (χ3n) is 7.02. The molecule has 9 nitrogen and oxygen atoms in total. The molecule has 2 aliphatic heterocycles. The second-order valence-electron chi connectivity index (χ2n) is 10.8. The van der Waals surface area contributed by atoms with Gasteiger partial charge >= 0.3 is 12.5 Å². The zero-order valence-electron chi connectivity index (χ0n) is 22.9. The van der Waals surface area contributed by atoms with Gasteiger partial charge in [0.25, 0.3) is 0 Å². The first-order valence-corrected chi connectivity index (χ1v) is 13.2. The molecule has 2 aromatic carbocycles. The van der Waals surface area contributed by atoms with Gasteiger partial charge < -0.3 is 24.6 Å². The summed E-state index contributed by atoms with van der Waals surface area (Å²) < 4.78 is 46.2. The molecule has 2 fully saturated rings. The third kappa shape index (κ3) is 6.87. The van der Waals surface area contributed by atoms with Gasteiger partial charge in [0.15, 0.2) is 0 Å². The minimum Gasteiger partial charge on any atom is -0.441 e. The Hall–Kier alpha value is -4.35. The molecule has 3 aromatic rings. The van der Waals surface area contributed by atoms with E-state index >= 15 is 0 Å². The lowest BCUT2D eigenvalue weighted by Gasteiger charge is -2.36. The number of piperidine rings is 1. The van der Waals surface area contributed by atoms with Crippen molar-refractivity contribution >= 4 is 40.6 Å². The predicted octanol–water partition coefficient (Wildman–Crippen LogP) is 5.69. The van der Waals surface area contributed by atoms with E-state index in [-0.39, 0.29) is 17.9 Å². The molecule has 41 heavy (non-hydrogen) atoms. The summed E-state index contributed by atoms with van der Waals surface area (Å²) in [5, 5.41) is 3.58. The number of halogens is 3. The number of fused-ring (bicyclic) bond motifs is 1. The molecule has 0 radical (unpaired) electrons. The van der Waals surface area contributed by atoms with E-state index in [1.54, 1.807) is 12.1 Å². The summed E-state index contributed by atoms with van der Waals surface area (Å²) in [5.41, 5.74) is 2.14. The van der Waals surface area contributed by atoms with Crippen molar-refractivity contribution in [3.63, 3.8) is 0 Å². The van der Waals surface area contributed by atoms with Gasteiger partial charge in [-0.15, -0.1) is 13.2 Å². The van der Waals surface area contributed by atoms with Crippen molar-refractivity contribution in [1.29, 1.82) is 0 Å². The quantitative estimate of drug-likeness (QED) is 0.381. The van der Waals surface area contributed by atoms with E-state index in [1.807, 2.05) is 31.7 Å². The van der Waals surface area contributed by atoms with Crippen LogP contribution in [0.2, 0.25) is 0 Å². The number of hydrogen-bond acceptors (Lipinski definition) is 7. The van der Waals surface area contributed by atoms with Crippen molar-refractivity contribution in [1.82, 2.24) is 14.9 Å². The van der Waals surface area contributed by atoms with Crippen LogP contribution in [0.5, 0.6) is 5.75 Å². The van der Waals surface area contributed by atoms with Gasteiger partial charge in [-0.1, -0.05) is 12.1 Å². The highest BCUT2D eigenvalue weighted by atomic mass is 19.4. The summed E-state index contributed by atoms with van der Waals surface area (Å²) >= 11 is 0. The summed E-state index contributed by atoms with van der Waals surface area (Å²) in [5.74, 6) is -0.106. The van der Waals surface area contributed by atoms with Crippen LogP contribution in [0.1, 0.15) is 37.9 Å². The molecule has 2 amide bonds. The summed E-state index contributed by atoms with van der Waals surface area (Å²) in [4.78, 5) is 38.2. The third-order valence-corrected chi connectivity index (χ3v) is 7.02. The number of aryl methyl sites for hydroxylation is 1. The lowest BCUT2D eigenvalue weighted by Crippen LogP contribution is -2.46. The van der Waals surface area contributed by atoms with E-state index in [0.29, 0.717) is 23.7 Å². The highest BCUT2D eigenvalue weighted by Gasteiger charge is 2.42. The maximum absolute atomic E-state index is 12.5. The molecule has 0 spiro atoms.